The van der Waals surface area contributed by atoms with E-state index in [1.54, 1.807) is 31.4 Å². The average Bonchev–Trinajstić information content (AvgIpc) is 2.78. The number of hydrogen-bond acceptors (Lipinski definition) is 4. The summed E-state index contributed by atoms with van der Waals surface area (Å²) in [5, 5.41) is 7.18. The van der Waals surface area contributed by atoms with E-state index >= 15 is 0 Å². The van der Waals surface area contributed by atoms with E-state index < -0.39 is 0 Å². The van der Waals surface area contributed by atoms with Crippen molar-refractivity contribution in [3.63, 3.8) is 0 Å². The first-order chi connectivity index (χ1) is 14.1. The number of carbonyl (C=O) groups excluding carboxylic acids is 2. The van der Waals surface area contributed by atoms with Gasteiger partial charge in [0.25, 0.3) is 5.91 Å². The summed E-state index contributed by atoms with van der Waals surface area (Å²) in [5.74, 6) is 0.634. The monoisotopic (exact) mass is 393 g/mol. The molecule has 3 rings (SSSR count). The molecule has 6 heteroatoms. The summed E-state index contributed by atoms with van der Waals surface area (Å²) in [7, 11) is 1.58. The lowest BCUT2D eigenvalue weighted by atomic mass is 9.88. The van der Waals surface area contributed by atoms with Crippen LogP contribution in [0.25, 0.3) is 0 Å². The Morgan fingerprint density at radius 2 is 1.55 bits per heavy atom. The van der Waals surface area contributed by atoms with Crippen molar-refractivity contribution in [2.45, 2.75) is 39.0 Å². The minimum absolute atomic E-state index is 0.106. The maximum atomic E-state index is 12.3. The van der Waals surface area contributed by atoms with E-state index in [9.17, 15) is 9.59 Å². The SMILES string of the molecule is COc1ccc(C(=O)N/N=C(/C)c2ccc(NC(=O)C3CCCCC3)cc2)cc1. The third-order valence-electron chi connectivity index (χ3n) is 5.22. The van der Waals surface area contributed by atoms with Crippen LogP contribution in [0.4, 0.5) is 5.69 Å². The van der Waals surface area contributed by atoms with E-state index in [-0.39, 0.29) is 17.7 Å². The van der Waals surface area contributed by atoms with Crippen molar-refractivity contribution in [1.82, 2.24) is 5.43 Å². The van der Waals surface area contributed by atoms with Gasteiger partial charge in [0.2, 0.25) is 5.91 Å². The largest absolute Gasteiger partial charge is 0.497 e. The first-order valence-corrected chi connectivity index (χ1v) is 9.97. The van der Waals surface area contributed by atoms with Gasteiger partial charge in [0.1, 0.15) is 5.75 Å². The highest BCUT2D eigenvalue weighted by Gasteiger charge is 2.20. The molecule has 0 unspecified atom stereocenters. The highest BCUT2D eigenvalue weighted by Crippen LogP contribution is 2.25. The third kappa shape index (κ3) is 5.67. The van der Waals surface area contributed by atoms with Gasteiger partial charge in [-0.1, -0.05) is 31.4 Å². The molecule has 0 aromatic heterocycles. The van der Waals surface area contributed by atoms with Crippen LogP contribution in [0.5, 0.6) is 5.75 Å². The third-order valence-corrected chi connectivity index (χ3v) is 5.22. The maximum absolute atomic E-state index is 12.3. The molecular weight excluding hydrogens is 366 g/mol. The zero-order valence-corrected chi connectivity index (χ0v) is 16.9. The van der Waals surface area contributed by atoms with Crippen molar-refractivity contribution in [3.8, 4) is 5.75 Å². The predicted octanol–water partition coefficient (Wildman–Crippen LogP) is 4.37. The van der Waals surface area contributed by atoms with E-state index in [0.717, 1.165) is 36.9 Å². The number of anilines is 1. The zero-order chi connectivity index (χ0) is 20.6. The van der Waals surface area contributed by atoms with Crippen LogP contribution in [0.2, 0.25) is 0 Å². The van der Waals surface area contributed by atoms with Gasteiger partial charge in [0.05, 0.1) is 12.8 Å². The summed E-state index contributed by atoms with van der Waals surface area (Å²) >= 11 is 0. The Bertz CT molecular complexity index is 867. The number of nitrogens with one attached hydrogen (secondary N) is 2. The second-order valence-corrected chi connectivity index (χ2v) is 7.27. The molecule has 1 aliphatic rings. The van der Waals surface area contributed by atoms with Crippen molar-refractivity contribution < 1.29 is 14.3 Å². The molecule has 0 heterocycles. The molecule has 0 saturated heterocycles. The van der Waals surface area contributed by atoms with E-state index in [0.29, 0.717) is 17.0 Å². The van der Waals surface area contributed by atoms with Gasteiger partial charge in [-0.05, 0) is 61.7 Å². The summed E-state index contributed by atoms with van der Waals surface area (Å²) in [6, 6.07) is 14.3. The summed E-state index contributed by atoms with van der Waals surface area (Å²) in [6.45, 7) is 1.82. The van der Waals surface area contributed by atoms with Crippen molar-refractivity contribution in [3.05, 3.63) is 59.7 Å². The van der Waals surface area contributed by atoms with Gasteiger partial charge in [0, 0.05) is 17.2 Å². The second kappa shape index (κ2) is 9.87. The van der Waals surface area contributed by atoms with Crippen LogP contribution < -0.4 is 15.5 Å². The van der Waals surface area contributed by atoms with E-state index in [4.69, 9.17) is 4.74 Å². The van der Waals surface area contributed by atoms with Gasteiger partial charge in [-0.3, -0.25) is 9.59 Å². The van der Waals surface area contributed by atoms with Gasteiger partial charge >= 0.3 is 0 Å². The van der Waals surface area contributed by atoms with Crippen molar-refractivity contribution in [2.24, 2.45) is 11.0 Å². The number of methoxy groups -OCH3 is 1. The van der Waals surface area contributed by atoms with E-state index in [1.807, 2.05) is 31.2 Å². The number of carbonyl (C=O) groups is 2. The van der Waals surface area contributed by atoms with Gasteiger partial charge in [-0.25, -0.2) is 5.43 Å². The summed E-state index contributed by atoms with van der Waals surface area (Å²) in [4.78, 5) is 24.5. The molecule has 6 nitrogen and oxygen atoms in total. The highest BCUT2D eigenvalue weighted by molar-refractivity contribution is 6.01. The Hall–Kier alpha value is -3.15. The number of amides is 2. The fraction of sp³-hybridized carbons (Fsp3) is 0.348. The highest BCUT2D eigenvalue weighted by atomic mass is 16.5. The summed E-state index contributed by atoms with van der Waals surface area (Å²) in [5.41, 5.74) is 5.39. The van der Waals surface area contributed by atoms with E-state index in [2.05, 4.69) is 15.8 Å². The second-order valence-electron chi connectivity index (χ2n) is 7.27. The lowest BCUT2D eigenvalue weighted by molar-refractivity contribution is -0.120. The Balaban J connectivity index is 1.56. The van der Waals surface area contributed by atoms with Crippen LogP contribution >= 0.6 is 0 Å². The van der Waals surface area contributed by atoms with Gasteiger partial charge in [0.15, 0.2) is 0 Å². The van der Waals surface area contributed by atoms with Crippen molar-refractivity contribution >= 4 is 23.2 Å². The Morgan fingerprint density at radius 1 is 0.931 bits per heavy atom. The first-order valence-electron chi connectivity index (χ1n) is 9.97. The molecule has 0 radical (unpaired) electrons. The minimum Gasteiger partial charge on any atom is -0.497 e. The summed E-state index contributed by atoms with van der Waals surface area (Å²) in [6.07, 6.45) is 5.45. The number of hydrogen-bond donors (Lipinski definition) is 2. The molecule has 0 spiro atoms. The number of ether oxygens (including phenoxy) is 1. The molecule has 29 heavy (non-hydrogen) atoms. The smallest absolute Gasteiger partial charge is 0.271 e. The van der Waals surface area contributed by atoms with Crippen LogP contribution in [-0.2, 0) is 4.79 Å². The zero-order valence-electron chi connectivity index (χ0n) is 16.9. The molecule has 2 amide bonds. The fourth-order valence-corrected chi connectivity index (χ4v) is 3.41. The standard InChI is InChI=1S/C23H27N3O3/c1-16(25-26-23(28)19-10-14-21(29-2)15-11-19)17-8-12-20(13-9-17)24-22(27)18-6-4-3-5-7-18/h8-15,18H,3-7H2,1-2H3,(H,24,27)(H,26,28)/b25-16-. The van der Waals surface area contributed by atoms with Crippen LogP contribution in [0.3, 0.4) is 0 Å². The first kappa shape index (κ1) is 20.6. The topological polar surface area (TPSA) is 79.8 Å². The lowest BCUT2D eigenvalue weighted by Gasteiger charge is -2.20. The normalized spacial score (nSPS) is 14.9. The molecule has 0 atom stereocenters. The molecule has 2 aromatic rings. The van der Waals surface area contributed by atoms with Crippen LogP contribution in [-0.4, -0.2) is 24.6 Å². The number of hydrazone groups is 1. The molecule has 1 saturated carbocycles. The quantitative estimate of drug-likeness (QED) is 0.565. The molecule has 1 aliphatic carbocycles. The van der Waals surface area contributed by atoms with Crippen LogP contribution in [0, 0.1) is 5.92 Å². The van der Waals surface area contributed by atoms with Gasteiger partial charge in [-0.2, -0.15) is 5.10 Å². The van der Waals surface area contributed by atoms with Gasteiger partial charge in [-0.15, -0.1) is 0 Å². The molecule has 0 bridgehead atoms. The van der Waals surface area contributed by atoms with Crippen molar-refractivity contribution in [2.75, 3.05) is 12.4 Å². The Morgan fingerprint density at radius 3 is 2.17 bits per heavy atom. The number of rotatable bonds is 6. The molecule has 2 aromatic carbocycles. The average molecular weight is 393 g/mol. The van der Waals surface area contributed by atoms with Crippen molar-refractivity contribution in [1.29, 1.82) is 0 Å². The van der Waals surface area contributed by atoms with Gasteiger partial charge < -0.3 is 10.1 Å². The Labute approximate surface area is 171 Å². The predicted molar refractivity (Wildman–Crippen MR) is 114 cm³/mol. The molecule has 152 valence electrons. The molecule has 2 N–H and O–H groups in total. The molecular formula is C23H27N3O3. The molecule has 0 aliphatic heterocycles. The van der Waals surface area contributed by atoms with E-state index in [1.165, 1.54) is 6.42 Å². The minimum atomic E-state index is -0.289. The van der Waals surface area contributed by atoms with Crippen LogP contribution in [0.15, 0.2) is 53.6 Å². The number of nitrogens with zero attached hydrogens (tertiary/aromatic N) is 1. The Kier molecular flexibility index (Phi) is 7.00. The maximum Gasteiger partial charge on any atom is 0.271 e. The lowest BCUT2D eigenvalue weighted by Crippen LogP contribution is -2.24. The van der Waals surface area contributed by atoms with Crippen LogP contribution in [0.1, 0.15) is 54.9 Å². The number of benzene rings is 2. The fourth-order valence-electron chi connectivity index (χ4n) is 3.41. The summed E-state index contributed by atoms with van der Waals surface area (Å²) < 4.78 is 5.09. The molecule has 1 fully saturated rings.